The Hall–Kier alpha value is -0.860. The maximum Gasteiger partial charge on any atom is 0.0553 e. The van der Waals surface area contributed by atoms with Gasteiger partial charge in [-0.2, -0.15) is 0 Å². The molecule has 1 atom stereocenters. The number of benzene rings is 1. The van der Waals surface area contributed by atoms with Crippen molar-refractivity contribution in [2.24, 2.45) is 0 Å². The molecule has 1 aromatic carbocycles. The van der Waals surface area contributed by atoms with Crippen LogP contribution in [0, 0.1) is 0 Å². The number of nitrogens with one attached hydrogen (secondary N) is 1. The van der Waals surface area contributed by atoms with Crippen LogP contribution in [-0.4, -0.2) is 20.3 Å². The average Bonchev–Trinajstić information content (AvgIpc) is 2.77. The van der Waals surface area contributed by atoms with Crippen LogP contribution >= 0.6 is 0 Å². The summed E-state index contributed by atoms with van der Waals surface area (Å²) in [5.74, 6) is 0. The van der Waals surface area contributed by atoms with Crippen molar-refractivity contribution in [3.8, 4) is 0 Å². The van der Waals surface area contributed by atoms with E-state index in [9.17, 15) is 0 Å². The van der Waals surface area contributed by atoms with Gasteiger partial charge in [0.1, 0.15) is 0 Å². The first-order chi connectivity index (χ1) is 8.49. The van der Waals surface area contributed by atoms with E-state index in [1.54, 1.807) is 7.11 Å². The van der Waals surface area contributed by atoms with Crippen molar-refractivity contribution in [3.63, 3.8) is 0 Å². The van der Waals surface area contributed by atoms with Gasteiger partial charge < -0.3 is 10.1 Å². The molecule has 1 N–H and O–H groups in total. The zero-order valence-electron chi connectivity index (χ0n) is 12.0. The third kappa shape index (κ3) is 2.45. The zero-order valence-corrected chi connectivity index (χ0v) is 12.0. The Labute approximate surface area is 111 Å². The lowest BCUT2D eigenvalue weighted by molar-refractivity contribution is 0.145. The molecule has 1 aliphatic heterocycles. The molecular formula is C16H25NO. The van der Waals surface area contributed by atoms with E-state index in [-0.39, 0.29) is 11.0 Å². The third-order valence-corrected chi connectivity index (χ3v) is 4.12. The van der Waals surface area contributed by atoms with Crippen molar-refractivity contribution >= 4 is 0 Å². The van der Waals surface area contributed by atoms with Gasteiger partial charge in [0.2, 0.25) is 0 Å². The first kappa shape index (κ1) is 13.6. The molecule has 1 heterocycles. The van der Waals surface area contributed by atoms with E-state index < -0.39 is 0 Å². The molecule has 0 aliphatic carbocycles. The number of rotatable bonds is 4. The number of hydrogen-bond acceptors (Lipinski definition) is 2. The van der Waals surface area contributed by atoms with Crippen LogP contribution in [0.15, 0.2) is 24.3 Å². The molecule has 0 aromatic heterocycles. The van der Waals surface area contributed by atoms with Gasteiger partial charge in [-0.25, -0.2) is 0 Å². The van der Waals surface area contributed by atoms with Gasteiger partial charge in [0.25, 0.3) is 0 Å². The van der Waals surface area contributed by atoms with E-state index in [0.29, 0.717) is 0 Å². The Morgan fingerprint density at radius 1 is 1.33 bits per heavy atom. The predicted octanol–water partition coefficient (Wildman–Crippen LogP) is 3.21. The van der Waals surface area contributed by atoms with E-state index in [2.05, 4.69) is 50.4 Å². The van der Waals surface area contributed by atoms with Crippen LogP contribution in [0.4, 0.5) is 0 Å². The van der Waals surface area contributed by atoms with Crippen LogP contribution in [0.2, 0.25) is 0 Å². The summed E-state index contributed by atoms with van der Waals surface area (Å²) in [6.07, 6.45) is 2.47. The standard InChI is InChI=1S/C16H25NO/c1-15(2,12-18-4)13-8-5-6-9-14(13)16(3)10-7-11-17-16/h5-6,8-9,17H,7,10-12H2,1-4H3. The molecule has 1 aliphatic rings. The number of hydrogen-bond donors (Lipinski definition) is 1. The van der Waals surface area contributed by atoms with E-state index in [0.717, 1.165) is 13.2 Å². The van der Waals surface area contributed by atoms with E-state index in [4.69, 9.17) is 4.74 Å². The van der Waals surface area contributed by atoms with Crippen LogP contribution in [0.25, 0.3) is 0 Å². The molecule has 1 saturated heterocycles. The molecular weight excluding hydrogens is 222 g/mol. The van der Waals surface area contributed by atoms with Crippen molar-refractivity contribution in [2.75, 3.05) is 20.3 Å². The summed E-state index contributed by atoms with van der Waals surface area (Å²) in [5, 5.41) is 3.66. The highest BCUT2D eigenvalue weighted by molar-refractivity contribution is 5.39. The fourth-order valence-corrected chi connectivity index (χ4v) is 3.12. The highest BCUT2D eigenvalue weighted by Gasteiger charge is 2.35. The quantitative estimate of drug-likeness (QED) is 0.882. The van der Waals surface area contributed by atoms with Gasteiger partial charge in [0.05, 0.1) is 6.61 Å². The van der Waals surface area contributed by atoms with Crippen molar-refractivity contribution < 1.29 is 4.74 Å². The van der Waals surface area contributed by atoms with Crippen LogP contribution < -0.4 is 5.32 Å². The summed E-state index contributed by atoms with van der Waals surface area (Å²) in [6.45, 7) is 8.71. The van der Waals surface area contributed by atoms with Gasteiger partial charge in [-0.1, -0.05) is 38.1 Å². The Balaban J connectivity index is 2.42. The summed E-state index contributed by atoms with van der Waals surface area (Å²) in [5.41, 5.74) is 3.02. The fraction of sp³-hybridized carbons (Fsp3) is 0.625. The maximum atomic E-state index is 5.39. The lowest BCUT2D eigenvalue weighted by atomic mass is 9.76. The van der Waals surface area contributed by atoms with Gasteiger partial charge in [0, 0.05) is 18.1 Å². The van der Waals surface area contributed by atoms with Crippen molar-refractivity contribution in [1.29, 1.82) is 0 Å². The summed E-state index contributed by atoms with van der Waals surface area (Å²) >= 11 is 0. The van der Waals surface area contributed by atoms with Crippen LogP contribution in [0.5, 0.6) is 0 Å². The minimum Gasteiger partial charge on any atom is -0.384 e. The number of ether oxygens (including phenoxy) is 1. The molecule has 18 heavy (non-hydrogen) atoms. The Kier molecular flexibility index (Phi) is 3.79. The first-order valence-electron chi connectivity index (χ1n) is 6.83. The van der Waals surface area contributed by atoms with Crippen molar-refractivity contribution in [1.82, 2.24) is 5.32 Å². The van der Waals surface area contributed by atoms with Crippen LogP contribution in [0.3, 0.4) is 0 Å². The normalized spacial score (nSPS) is 24.4. The van der Waals surface area contributed by atoms with Gasteiger partial charge >= 0.3 is 0 Å². The predicted molar refractivity (Wildman–Crippen MR) is 75.9 cm³/mol. The zero-order chi connectivity index (χ0) is 13.2. The monoisotopic (exact) mass is 247 g/mol. The highest BCUT2D eigenvalue weighted by Crippen LogP contribution is 2.37. The highest BCUT2D eigenvalue weighted by atomic mass is 16.5. The largest absolute Gasteiger partial charge is 0.384 e. The molecule has 1 fully saturated rings. The molecule has 2 heteroatoms. The van der Waals surface area contributed by atoms with Gasteiger partial charge in [0.15, 0.2) is 0 Å². The lowest BCUT2D eigenvalue weighted by Crippen LogP contribution is -2.37. The Bertz CT molecular complexity index is 405. The minimum absolute atomic E-state index is 0.0542. The maximum absolute atomic E-state index is 5.39. The smallest absolute Gasteiger partial charge is 0.0553 e. The molecule has 0 spiro atoms. The van der Waals surface area contributed by atoms with Gasteiger partial charge in [-0.15, -0.1) is 0 Å². The molecule has 1 aromatic rings. The second-order valence-electron chi connectivity index (χ2n) is 6.22. The molecule has 0 radical (unpaired) electrons. The average molecular weight is 247 g/mol. The molecule has 2 nitrogen and oxygen atoms in total. The van der Waals surface area contributed by atoms with Gasteiger partial charge in [-0.3, -0.25) is 0 Å². The summed E-state index contributed by atoms with van der Waals surface area (Å²) < 4.78 is 5.39. The number of methoxy groups -OCH3 is 1. The summed E-state index contributed by atoms with van der Waals surface area (Å²) in [7, 11) is 1.78. The molecule has 2 rings (SSSR count). The second-order valence-corrected chi connectivity index (χ2v) is 6.22. The summed E-state index contributed by atoms with van der Waals surface area (Å²) in [6, 6.07) is 8.80. The Morgan fingerprint density at radius 3 is 2.67 bits per heavy atom. The van der Waals surface area contributed by atoms with Gasteiger partial charge in [-0.05, 0) is 37.4 Å². The van der Waals surface area contributed by atoms with Crippen LogP contribution in [0.1, 0.15) is 44.7 Å². The molecule has 0 amide bonds. The SMILES string of the molecule is COCC(C)(C)c1ccccc1C1(C)CCCN1. The van der Waals surface area contributed by atoms with Crippen molar-refractivity contribution in [3.05, 3.63) is 35.4 Å². The molecule has 100 valence electrons. The van der Waals surface area contributed by atoms with E-state index >= 15 is 0 Å². The molecule has 0 saturated carbocycles. The lowest BCUT2D eigenvalue weighted by Gasteiger charge is -2.34. The molecule has 1 unspecified atom stereocenters. The summed E-state index contributed by atoms with van der Waals surface area (Å²) in [4.78, 5) is 0. The van der Waals surface area contributed by atoms with Crippen molar-refractivity contribution in [2.45, 2.75) is 44.6 Å². The minimum atomic E-state index is 0.0542. The first-order valence-corrected chi connectivity index (χ1v) is 6.83. The van der Waals surface area contributed by atoms with E-state index in [1.807, 2.05) is 0 Å². The third-order valence-electron chi connectivity index (χ3n) is 4.12. The topological polar surface area (TPSA) is 21.3 Å². The second kappa shape index (κ2) is 5.02. The molecule has 0 bridgehead atoms. The Morgan fingerprint density at radius 2 is 2.06 bits per heavy atom. The van der Waals surface area contributed by atoms with Crippen LogP contribution in [-0.2, 0) is 15.7 Å². The van der Waals surface area contributed by atoms with E-state index in [1.165, 1.54) is 24.0 Å². The fourth-order valence-electron chi connectivity index (χ4n) is 3.12.